The van der Waals surface area contributed by atoms with Crippen LogP contribution in [-0.2, 0) is 9.59 Å². The van der Waals surface area contributed by atoms with E-state index in [1.165, 1.54) is 0 Å². The number of benzene rings is 1. The number of Topliss-reactive ketones (excluding diaryl/α,β-unsaturated/α-hetero) is 1. The minimum atomic E-state index is -0.672. The Morgan fingerprint density at radius 3 is 2.26 bits per heavy atom. The highest BCUT2D eigenvalue weighted by molar-refractivity contribution is 6.04. The molecule has 1 aromatic carbocycles. The first-order valence-electron chi connectivity index (χ1n) is 15.9. The molecule has 222 valence electrons. The number of hydrogen-bond acceptors (Lipinski definition) is 4. The van der Waals surface area contributed by atoms with Crippen molar-refractivity contribution in [1.29, 1.82) is 5.26 Å². The summed E-state index contributed by atoms with van der Waals surface area (Å²) < 4.78 is 0. The number of nitriles is 1. The Balaban J connectivity index is 1.47. The molecular weight excluding hydrogens is 520 g/mol. The molecule has 0 aromatic heterocycles. The smallest absolute Gasteiger partial charge is 0.251 e. The van der Waals surface area contributed by atoms with Gasteiger partial charge in [0, 0.05) is 27.9 Å². The van der Waals surface area contributed by atoms with Gasteiger partial charge in [-0.25, -0.2) is 0 Å². The molecule has 5 nitrogen and oxygen atoms in total. The van der Waals surface area contributed by atoms with Gasteiger partial charge in [0.15, 0.2) is 11.6 Å². The van der Waals surface area contributed by atoms with E-state index in [1.54, 1.807) is 0 Å². The Morgan fingerprint density at radius 1 is 0.929 bits per heavy atom. The lowest BCUT2D eigenvalue weighted by molar-refractivity contribution is -0.160. The summed E-state index contributed by atoms with van der Waals surface area (Å²) >= 11 is 0. The molecule has 5 aliphatic rings. The number of rotatable bonds is 2. The van der Waals surface area contributed by atoms with Gasteiger partial charge in [0.05, 0.1) is 5.57 Å². The number of ketones is 2. The zero-order chi connectivity index (χ0) is 30.5. The standard InChI is InChI=1S/C37H46N2O3/c1-32(2)15-17-37(39-31(42)23-11-9-8-10-12-23)18-16-36(7)29(25(37)21-32)26(40)19-28-34(5)20-24(22-38)30(41)33(3,4)27(34)13-14-35(28,36)6/h8-12,19-20,25,27,29H,13-18,21H2,1-7H3,(H,39,42)/t25?,27-,29?,34-,35+,36+,37-/m0/s1. The molecule has 3 fully saturated rings. The number of nitrogens with one attached hydrogen (secondary N) is 1. The molecule has 0 aliphatic heterocycles. The molecule has 0 radical (unpaired) electrons. The van der Waals surface area contributed by atoms with E-state index < -0.39 is 16.4 Å². The number of hydrogen-bond donors (Lipinski definition) is 1. The lowest BCUT2D eigenvalue weighted by Gasteiger charge is -2.69. The quantitative estimate of drug-likeness (QED) is 0.404. The first-order valence-corrected chi connectivity index (χ1v) is 15.9. The third-order valence-electron chi connectivity index (χ3n) is 13.3. The Morgan fingerprint density at radius 2 is 1.60 bits per heavy atom. The summed E-state index contributed by atoms with van der Waals surface area (Å²) in [5, 5.41) is 13.5. The van der Waals surface area contributed by atoms with Crippen LogP contribution in [0, 0.1) is 56.2 Å². The molecule has 5 aliphatic carbocycles. The highest BCUT2D eigenvalue weighted by Gasteiger charge is 2.70. The van der Waals surface area contributed by atoms with Crippen LogP contribution in [-0.4, -0.2) is 23.0 Å². The van der Waals surface area contributed by atoms with Gasteiger partial charge in [0.1, 0.15) is 6.07 Å². The Labute approximate surface area is 251 Å². The van der Waals surface area contributed by atoms with E-state index in [2.05, 4.69) is 46.0 Å². The van der Waals surface area contributed by atoms with E-state index in [0.29, 0.717) is 5.56 Å². The topological polar surface area (TPSA) is 87.0 Å². The van der Waals surface area contributed by atoms with Gasteiger partial charge in [0.25, 0.3) is 5.91 Å². The molecular formula is C37H46N2O3. The number of carbonyl (C=O) groups is 3. The maximum absolute atomic E-state index is 14.6. The lowest BCUT2D eigenvalue weighted by Crippen LogP contribution is -2.69. The van der Waals surface area contributed by atoms with Gasteiger partial charge in [-0.05, 0) is 91.2 Å². The summed E-state index contributed by atoms with van der Waals surface area (Å²) in [6.07, 6.45) is 10.1. The second-order valence-electron chi connectivity index (χ2n) is 16.2. The zero-order valence-electron chi connectivity index (χ0n) is 26.4. The fourth-order valence-corrected chi connectivity index (χ4v) is 10.7. The van der Waals surface area contributed by atoms with Crippen LogP contribution >= 0.6 is 0 Å². The van der Waals surface area contributed by atoms with Crippen molar-refractivity contribution in [2.75, 3.05) is 0 Å². The molecule has 7 atom stereocenters. The van der Waals surface area contributed by atoms with E-state index >= 15 is 0 Å². The molecule has 3 saturated carbocycles. The van der Waals surface area contributed by atoms with Crippen LogP contribution in [0.15, 0.2) is 53.6 Å². The van der Waals surface area contributed by atoms with Crippen LogP contribution in [0.3, 0.4) is 0 Å². The zero-order valence-corrected chi connectivity index (χ0v) is 26.4. The van der Waals surface area contributed by atoms with E-state index in [1.807, 2.05) is 56.3 Å². The Kier molecular flexibility index (Phi) is 6.24. The third kappa shape index (κ3) is 3.76. The van der Waals surface area contributed by atoms with Crippen molar-refractivity contribution in [3.63, 3.8) is 0 Å². The number of fused-ring (bicyclic) bond motifs is 7. The summed E-state index contributed by atoms with van der Waals surface area (Å²) in [6.45, 7) is 15.4. The molecule has 5 heteroatoms. The molecule has 2 unspecified atom stereocenters. The van der Waals surface area contributed by atoms with Crippen molar-refractivity contribution in [1.82, 2.24) is 5.32 Å². The average molecular weight is 567 g/mol. The summed E-state index contributed by atoms with van der Waals surface area (Å²) in [6, 6.07) is 11.6. The minimum Gasteiger partial charge on any atom is -0.346 e. The van der Waals surface area contributed by atoms with Gasteiger partial charge in [0.2, 0.25) is 0 Å². The van der Waals surface area contributed by atoms with Crippen molar-refractivity contribution in [3.05, 3.63) is 59.2 Å². The van der Waals surface area contributed by atoms with Crippen molar-refractivity contribution in [2.45, 2.75) is 99.0 Å². The Bertz CT molecular complexity index is 1480. The van der Waals surface area contributed by atoms with E-state index in [-0.39, 0.29) is 57.0 Å². The molecule has 1 amide bonds. The maximum Gasteiger partial charge on any atom is 0.251 e. The molecule has 6 rings (SSSR count). The fraction of sp³-hybridized carbons (Fsp3) is 0.622. The van der Waals surface area contributed by atoms with Crippen molar-refractivity contribution >= 4 is 17.5 Å². The number of allylic oxidation sites excluding steroid dienone is 4. The predicted molar refractivity (Wildman–Crippen MR) is 163 cm³/mol. The number of carbonyl (C=O) groups excluding carboxylic acids is 3. The van der Waals surface area contributed by atoms with Crippen LogP contribution in [0.2, 0.25) is 0 Å². The number of amides is 1. The largest absolute Gasteiger partial charge is 0.346 e. The SMILES string of the molecule is CC1(C)CC[C@]2(NC(=O)c3ccccc3)CC[C@]3(C)C(C(=O)C=C4[C@@]5(C)C=C(C#N)C(=O)C(C)(C)[C@@H]5CC[C@]43C)C2C1. The van der Waals surface area contributed by atoms with Gasteiger partial charge in [-0.3, -0.25) is 14.4 Å². The highest BCUT2D eigenvalue weighted by atomic mass is 16.2. The van der Waals surface area contributed by atoms with Gasteiger partial charge < -0.3 is 5.32 Å². The van der Waals surface area contributed by atoms with Gasteiger partial charge >= 0.3 is 0 Å². The van der Waals surface area contributed by atoms with Crippen LogP contribution < -0.4 is 5.32 Å². The normalized spacial score (nSPS) is 41.5. The average Bonchev–Trinajstić information content (AvgIpc) is 2.93. The third-order valence-corrected chi connectivity index (χ3v) is 13.3. The molecule has 1 aromatic rings. The van der Waals surface area contributed by atoms with Crippen molar-refractivity contribution in [3.8, 4) is 6.07 Å². The second-order valence-corrected chi connectivity index (χ2v) is 16.2. The first-order chi connectivity index (χ1) is 19.5. The van der Waals surface area contributed by atoms with Gasteiger partial charge in [-0.15, -0.1) is 0 Å². The summed E-state index contributed by atoms with van der Waals surface area (Å²) in [5.74, 6) is -0.101. The van der Waals surface area contributed by atoms with Crippen LogP contribution in [0.5, 0.6) is 0 Å². The minimum absolute atomic E-state index is 0.0309. The summed E-state index contributed by atoms with van der Waals surface area (Å²) in [4.78, 5) is 41.6. The van der Waals surface area contributed by atoms with E-state index in [0.717, 1.165) is 50.5 Å². The molecule has 0 bridgehead atoms. The summed E-state index contributed by atoms with van der Waals surface area (Å²) in [7, 11) is 0. The molecule has 0 saturated heterocycles. The van der Waals surface area contributed by atoms with Gasteiger partial charge in [-0.2, -0.15) is 5.26 Å². The number of nitrogens with zero attached hydrogens (tertiary/aromatic N) is 1. The lowest BCUT2D eigenvalue weighted by atomic mass is 9.35. The van der Waals surface area contributed by atoms with Crippen LogP contribution in [0.1, 0.15) is 104 Å². The molecule has 1 N–H and O–H groups in total. The predicted octanol–water partition coefficient (Wildman–Crippen LogP) is 7.39. The van der Waals surface area contributed by atoms with Gasteiger partial charge in [-0.1, -0.05) is 78.3 Å². The van der Waals surface area contributed by atoms with E-state index in [4.69, 9.17) is 0 Å². The molecule has 0 heterocycles. The monoisotopic (exact) mass is 566 g/mol. The summed E-state index contributed by atoms with van der Waals surface area (Å²) in [5.41, 5.74) is -0.115. The first kappa shape index (κ1) is 29.1. The van der Waals surface area contributed by atoms with E-state index in [9.17, 15) is 19.6 Å². The van der Waals surface area contributed by atoms with Crippen LogP contribution in [0.4, 0.5) is 0 Å². The second kappa shape index (κ2) is 9.01. The van der Waals surface area contributed by atoms with Crippen LogP contribution in [0.25, 0.3) is 0 Å². The maximum atomic E-state index is 14.6. The van der Waals surface area contributed by atoms with Crippen molar-refractivity contribution in [2.24, 2.45) is 44.8 Å². The van der Waals surface area contributed by atoms with Crippen molar-refractivity contribution < 1.29 is 14.4 Å². The highest BCUT2D eigenvalue weighted by Crippen LogP contribution is 2.73. The molecule has 0 spiro atoms. The fourth-order valence-electron chi connectivity index (χ4n) is 10.7. The Hall–Kier alpha value is -3.00. The molecule has 42 heavy (non-hydrogen) atoms.